The second-order valence-corrected chi connectivity index (χ2v) is 4.72. The predicted molar refractivity (Wildman–Crippen MR) is 62.3 cm³/mol. The van der Waals surface area contributed by atoms with Crippen molar-refractivity contribution >= 4 is 11.3 Å². The largest absolute Gasteiger partial charge is 0.326 e. The molecular weight excluding hydrogens is 228 g/mol. The van der Waals surface area contributed by atoms with Crippen molar-refractivity contribution in [1.82, 2.24) is 0 Å². The number of hydrogen-bond acceptors (Lipinski definition) is 2. The van der Waals surface area contributed by atoms with E-state index >= 15 is 0 Å². The summed E-state index contributed by atoms with van der Waals surface area (Å²) in [5, 5.41) is 0. The number of nitrogens with two attached hydrogens (primary N) is 1. The van der Waals surface area contributed by atoms with E-state index in [-0.39, 0.29) is 0 Å². The molecule has 2 N–H and O–H groups in total. The Labute approximate surface area is 96.5 Å². The Morgan fingerprint density at radius 3 is 2.56 bits per heavy atom. The molecule has 0 saturated carbocycles. The summed E-state index contributed by atoms with van der Waals surface area (Å²) in [7, 11) is 0. The zero-order valence-electron chi connectivity index (χ0n) is 8.76. The van der Waals surface area contributed by atoms with Crippen LogP contribution in [0.3, 0.4) is 0 Å². The Kier molecular flexibility index (Phi) is 3.03. The van der Waals surface area contributed by atoms with Gasteiger partial charge in [0, 0.05) is 27.9 Å². The fourth-order valence-electron chi connectivity index (χ4n) is 1.48. The maximum Gasteiger partial charge on any atom is 0.134 e. The van der Waals surface area contributed by atoms with E-state index in [0.717, 1.165) is 15.8 Å². The normalized spacial score (nSPS) is 10.8. The summed E-state index contributed by atoms with van der Waals surface area (Å²) < 4.78 is 26.7. The average Bonchev–Trinajstić information content (AvgIpc) is 2.71. The molecule has 0 bridgehead atoms. The van der Waals surface area contributed by atoms with E-state index in [2.05, 4.69) is 0 Å². The highest BCUT2D eigenvalue weighted by Gasteiger charge is 2.10. The minimum absolute atomic E-state index is 0.434. The van der Waals surface area contributed by atoms with Crippen LogP contribution in [0.1, 0.15) is 10.4 Å². The number of benzene rings is 1. The van der Waals surface area contributed by atoms with Gasteiger partial charge in [0.05, 0.1) is 0 Å². The average molecular weight is 239 g/mol. The molecule has 0 fully saturated rings. The van der Waals surface area contributed by atoms with Crippen LogP contribution >= 0.6 is 11.3 Å². The smallest absolute Gasteiger partial charge is 0.134 e. The zero-order chi connectivity index (χ0) is 11.7. The lowest BCUT2D eigenvalue weighted by molar-refractivity contribution is 0.580. The van der Waals surface area contributed by atoms with E-state index in [9.17, 15) is 8.78 Å². The summed E-state index contributed by atoms with van der Waals surface area (Å²) in [6.07, 6.45) is 0. The van der Waals surface area contributed by atoms with Gasteiger partial charge in [-0.25, -0.2) is 8.78 Å². The van der Waals surface area contributed by atoms with Gasteiger partial charge in [-0.3, -0.25) is 0 Å². The van der Waals surface area contributed by atoms with E-state index in [4.69, 9.17) is 5.73 Å². The van der Waals surface area contributed by atoms with Crippen molar-refractivity contribution in [3.63, 3.8) is 0 Å². The van der Waals surface area contributed by atoms with Crippen LogP contribution in [0, 0.1) is 18.6 Å². The van der Waals surface area contributed by atoms with Gasteiger partial charge in [-0.2, -0.15) is 0 Å². The van der Waals surface area contributed by atoms with Gasteiger partial charge in [-0.1, -0.05) is 0 Å². The molecule has 0 aliphatic heterocycles. The summed E-state index contributed by atoms with van der Waals surface area (Å²) in [6.45, 7) is 2.06. The molecule has 1 heterocycles. The van der Waals surface area contributed by atoms with Gasteiger partial charge in [0.1, 0.15) is 11.6 Å². The zero-order valence-corrected chi connectivity index (χ0v) is 9.57. The number of halogens is 2. The van der Waals surface area contributed by atoms with E-state index in [1.165, 1.54) is 17.4 Å². The third-order valence-corrected chi connectivity index (χ3v) is 3.52. The maximum absolute atomic E-state index is 13.6. The SMILES string of the molecule is Cc1cc(-c2ccc(CN)s2)c(F)cc1F. The van der Waals surface area contributed by atoms with Crippen molar-refractivity contribution in [2.24, 2.45) is 5.73 Å². The molecule has 2 aromatic rings. The Hall–Kier alpha value is -1.26. The van der Waals surface area contributed by atoms with Gasteiger partial charge < -0.3 is 5.73 Å². The van der Waals surface area contributed by atoms with Crippen molar-refractivity contribution in [3.8, 4) is 10.4 Å². The van der Waals surface area contributed by atoms with Gasteiger partial charge in [0.2, 0.25) is 0 Å². The Bertz CT molecular complexity index is 520. The maximum atomic E-state index is 13.6. The lowest BCUT2D eigenvalue weighted by atomic mass is 10.1. The summed E-state index contributed by atoms with van der Waals surface area (Å²) in [5.74, 6) is -1.05. The first-order chi connectivity index (χ1) is 7.61. The highest BCUT2D eigenvalue weighted by molar-refractivity contribution is 7.15. The standard InChI is InChI=1S/C12H11F2NS/c1-7-4-9(11(14)5-10(7)13)12-3-2-8(6-15)16-12/h2-5H,6,15H2,1H3. The van der Waals surface area contributed by atoms with Gasteiger partial charge >= 0.3 is 0 Å². The molecule has 0 atom stereocenters. The van der Waals surface area contributed by atoms with E-state index in [0.29, 0.717) is 17.7 Å². The van der Waals surface area contributed by atoms with Crippen LogP contribution in [0.25, 0.3) is 10.4 Å². The minimum atomic E-state index is -0.534. The highest BCUT2D eigenvalue weighted by Crippen LogP contribution is 2.31. The molecular formula is C12H11F2NS. The molecule has 84 valence electrons. The molecule has 1 aromatic heterocycles. The lowest BCUT2D eigenvalue weighted by Gasteiger charge is -2.03. The van der Waals surface area contributed by atoms with Crippen LogP contribution in [0.15, 0.2) is 24.3 Å². The van der Waals surface area contributed by atoms with Crippen LogP contribution in [0.4, 0.5) is 8.78 Å². The van der Waals surface area contributed by atoms with Crippen molar-refractivity contribution in [2.75, 3.05) is 0 Å². The van der Waals surface area contributed by atoms with Crippen molar-refractivity contribution < 1.29 is 8.78 Å². The molecule has 0 aliphatic carbocycles. The van der Waals surface area contributed by atoms with Gasteiger partial charge in [-0.15, -0.1) is 11.3 Å². The summed E-state index contributed by atoms with van der Waals surface area (Å²) >= 11 is 1.43. The number of thiophene rings is 1. The van der Waals surface area contributed by atoms with E-state index in [1.54, 1.807) is 6.92 Å². The molecule has 0 radical (unpaired) electrons. The number of aryl methyl sites for hydroxylation is 1. The van der Waals surface area contributed by atoms with Crippen molar-refractivity contribution in [1.29, 1.82) is 0 Å². The van der Waals surface area contributed by atoms with Crippen LogP contribution in [0.2, 0.25) is 0 Å². The molecule has 4 heteroatoms. The summed E-state index contributed by atoms with van der Waals surface area (Å²) in [5.41, 5.74) is 6.37. The fourth-order valence-corrected chi connectivity index (χ4v) is 2.38. The third kappa shape index (κ3) is 1.99. The van der Waals surface area contributed by atoms with Crippen LogP contribution < -0.4 is 5.73 Å². The van der Waals surface area contributed by atoms with Crippen LogP contribution in [-0.4, -0.2) is 0 Å². The Morgan fingerprint density at radius 2 is 1.94 bits per heavy atom. The van der Waals surface area contributed by atoms with Crippen molar-refractivity contribution in [3.05, 3.63) is 46.3 Å². The molecule has 0 aliphatic rings. The highest BCUT2D eigenvalue weighted by atomic mass is 32.1. The molecule has 0 amide bonds. The lowest BCUT2D eigenvalue weighted by Crippen LogP contribution is -1.91. The molecule has 16 heavy (non-hydrogen) atoms. The topological polar surface area (TPSA) is 26.0 Å². The van der Waals surface area contributed by atoms with E-state index < -0.39 is 11.6 Å². The van der Waals surface area contributed by atoms with Gasteiger partial charge in [-0.05, 0) is 30.7 Å². The van der Waals surface area contributed by atoms with Crippen molar-refractivity contribution in [2.45, 2.75) is 13.5 Å². The fraction of sp³-hybridized carbons (Fsp3) is 0.167. The first kappa shape index (κ1) is 11.2. The monoisotopic (exact) mass is 239 g/mol. The minimum Gasteiger partial charge on any atom is -0.326 e. The molecule has 1 aromatic carbocycles. The molecule has 0 spiro atoms. The molecule has 1 nitrogen and oxygen atoms in total. The van der Waals surface area contributed by atoms with Gasteiger partial charge in [0.15, 0.2) is 0 Å². The molecule has 0 saturated heterocycles. The first-order valence-electron chi connectivity index (χ1n) is 4.86. The Morgan fingerprint density at radius 1 is 1.19 bits per heavy atom. The quantitative estimate of drug-likeness (QED) is 0.853. The Balaban J connectivity index is 2.51. The second-order valence-electron chi connectivity index (χ2n) is 3.55. The van der Waals surface area contributed by atoms with E-state index in [1.807, 2.05) is 12.1 Å². The molecule has 2 rings (SSSR count). The van der Waals surface area contributed by atoms with Crippen LogP contribution in [0.5, 0.6) is 0 Å². The summed E-state index contributed by atoms with van der Waals surface area (Å²) in [4.78, 5) is 1.76. The molecule has 0 unspecified atom stereocenters. The number of rotatable bonds is 2. The summed E-state index contributed by atoms with van der Waals surface area (Å²) in [6, 6.07) is 6.12. The third-order valence-electron chi connectivity index (χ3n) is 2.38. The predicted octanol–water partition coefficient (Wildman–Crippen LogP) is 3.46. The van der Waals surface area contributed by atoms with Crippen LogP contribution in [-0.2, 0) is 6.54 Å². The first-order valence-corrected chi connectivity index (χ1v) is 5.68. The number of hydrogen-bond donors (Lipinski definition) is 1. The van der Waals surface area contributed by atoms with Gasteiger partial charge in [0.25, 0.3) is 0 Å². The second kappa shape index (κ2) is 4.31.